The van der Waals surface area contributed by atoms with E-state index in [0.29, 0.717) is 12.1 Å². The summed E-state index contributed by atoms with van der Waals surface area (Å²) >= 11 is 0. The quantitative estimate of drug-likeness (QED) is 0.913. The number of nitrogens with one attached hydrogen (secondary N) is 1. The number of hydrogen-bond acceptors (Lipinski definition) is 3. The summed E-state index contributed by atoms with van der Waals surface area (Å²) in [6.45, 7) is 5.74. The van der Waals surface area contributed by atoms with Gasteiger partial charge in [-0.2, -0.15) is 0 Å². The maximum Gasteiger partial charge on any atom is 0.119 e. The van der Waals surface area contributed by atoms with Crippen molar-refractivity contribution in [3.8, 4) is 5.75 Å². The summed E-state index contributed by atoms with van der Waals surface area (Å²) in [4.78, 5) is 2.64. The Hall–Kier alpha value is -1.06. The van der Waals surface area contributed by atoms with Gasteiger partial charge in [0, 0.05) is 25.2 Å². The summed E-state index contributed by atoms with van der Waals surface area (Å²) < 4.78 is 5.33. The zero-order valence-corrected chi connectivity index (χ0v) is 12.6. The summed E-state index contributed by atoms with van der Waals surface area (Å²) in [7, 11) is 1.74. The van der Waals surface area contributed by atoms with Gasteiger partial charge in [0.15, 0.2) is 0 Å². The Balaban J connectivity index is 1.69. The minimum Gasteiger partial charge on any atom is -0.497 e. The topological polar surface area (TPSA) is 24.5 Å². The number of hydrogen-bond donors (Lipinski definition) is 1. The molecule has 1 N–H and O–H groups in total. The van der Waals surface area contributed by atoms with E-state index in [1.807, 2.05) is 6.07 Å². The largest absolute Gasteiger partial charge is 0.497 e. The summed E-state index contributed by atoms with van der Waals surface area (Å²) in [5.74, 6) is 1.88. The lowest BCUT2D eigenvalue weighted by atomic mass is 10.1. The van der Waals surface area contributed by atoms with Gasteiger partial charge in [0.25, 0.3) is 0 Å². The Morgan fingerprint density at radius 2 is 2.15 bits per heavy atom. The number of methoxy groups -OCH3 is 1. The van der Waals surface area contributed by atoms with Crippen LogP contribution in [0.3, 0.4) is 0 Å². The molecular weight excluding hydrogens is 248 g/mol. The van der Waals surface area contributed by atoms with Crippen LogP contribution >= 0.6 is 0 Å². The zero-order valence-electron chi connectivity index (χ0n) is 12.6. The molecule has 3 nitrogen and oxygen atoms in total. The molecule has 1 aromatic rings. The number of ether oxygens (including phenoxy) is 1. The van der Waals surface area contributed by atoms with Gasteiger partial charge in [-0.3, -0.25) is 4.90 Å². The second-order valence-corrected chi connectivity index (χ2v) is 6.32. The molecule has 20 heavy (non-hydrogen) atoms. The van der Waals surface area contributed by atoms with E-state index in [1.54, 1.807) is 7.11 Å². The molecule has 3 heteroatoms. The molecule has 0 radical (unpaired) electrons. The molecule has 0 bridgehead atoms. The lowest BCUT2D eigenvalue weighted by Gasteiger charge is -2.29. The fourth-order valence-electron chi connectivity index (χ4n) is 3.20. The molecular formula is C17H26N2O. The van der Waals surface area contributed by atoms with Crippen LogP contribution in [0, 0.1) is 5.92 Å². The third kappa shape index (κ3) is 3.33. The lowest BCUT2D eigenvalue weighted by molar-refractivity contribution is 0.190. The van der Waals surface area contributed by atoms with Crippen molar-refractivity contribution >= 4 is 0 Å². The highest BCUT2D eigenvalue weighted by molar-refractivity contribution is 5.28. The first-order chi connectivity index (χ1) is 9.76. The number of nitrogens with zero attached hydrogens (tertiary/aromatic N) is 1. The predicted molar refractivity (Wildman–Crippen MR) is 82.0 cm³/mol. The molecule has 110 valence electrons. The van der Waals surface area contributed by atoms with Crippen molar-refractivity contribution in [2.45, 2.75) is 44.8 Å². The fraction of sp³-hybridized carbons (Fsp3) is 0.647. The van der Waals surface area contributed by atoms with Crippen LogP contribution in [-0.4, -0.2) is 37.2 Å². The van der Waals surface area contributed by atoms with E-state index in [0.717, 1.165) is 24.8 Å². The van der Waals surface area contributed by atoms with E-state index in [2.05, 4.69) is 35.3 Å². The Bertz CT molecular complexity index is 444. The van der Waals surface area contributed by atoms with Crippen LogP contribution in [0.5, 0.6) is 5.75 Å². The zero-order chi connectivity index (χ0) is 13.9. The number of rotatable bonds is 4. The molecule has 1 saturated carbocycles. The summed E-state index contributed by atoms with van der Waals surface area (Å²) in [5.41, 5.74) is 1.35. The molecule has 0 aromatic heterocycles. The molecule has 1 aliphatic carbocycles. The van der Waals surface area contributed by atoms with Gasteiger partial charge in [0.1, 0.15) is 5.75 Å². The van der Waals surface area contributed by atoms with E-state index in [4.69, 9.17) is 4.74 Å². The predicted octanol–water partition coefficient (Wildman–Crippen LogP) is 2.66. The Kier molecular flexibility index (Phi) is 4.27. The van der Waals surface area contributed by atoms with Crippen molar-refractivity contribution in [1.82, 2.24) is 10.2 Å². The van der Waals surface area contributed by atoms with Gasteiger partial charge in [-0.15, -0.1) is 0 Å². The van der Waals surface area contributed by atoms with Gasteiger partial charge in [-0.25, -0.2) is 0 Å². The molecule has 3 rings (SSSR count). The average Bonchev–Trinajstić information content (AvgIpc) is 3.29. The fourth-order valence-corrected chi connectivity index (χ4v) is 3.20. The minimum atomic E-state index is 0.650. The van der Waals surface area contributed by atoms with Crippen molar-refractivity contribution in [3.63, 3.8) is 0 Å². The van der Waals surface area contributed by atoms with Crippen LogP contribution in [0.15, 0.2) is 24.3 Å². The molecule has 1 saturated heterocycles. The van der Waals surface area contributed by atoms with Crippen LogP contribution in [0.2, 0.25) is 0 Å². The van der Waals surface area contributed by atoms with Crippen LogP contribution < -0.4 is 10.1 Å². The van der Waals surface area contributed by atoms with Crippen LogP contribution in [-0.2, 0) is 6.54 Å². The monoisotopic (exact) mass is 274 g/mol. The van der Waals surface area contributed by atoms with Crippen molar-refractivity contribution in [2.75, 3.05) is 20.2 Å². The van der Waals surface area contributed by atoms with E-state index < -0.39 is 0 Å². The minimum absolute atomic E-state index is 0.650. The smallest absolute Gasteiger partial charge is 0.119 e. The van der Waals surface area contributed by atoms with Crippen molar-refractivity contribution in [2.24, 2.45) is 5.92 Å². The molecule has 0 amide bonds. The maximum absolute atomic E-state index is 5.33. The Morgan fingerprint density at radius 1 is 1.30 bits per heavy atom. The lowest BCUT2D eigenvalue weighted by Crippen LogP contribution is -2.40. The standard InChI is InChI=1S/C17H26N2O/c1-13-8-9-18-17(15-6-7-15)12-19(13)11-14-4-3-5-16(10-14)20-2/h3-5,10,13,15,17-18H,6-9,11-12H2,1-2H3. The molecule has 2 unspecified atom stereocenters. The van der Waals surface area contributed by atoms with E-state index >= 15 is 0 Å². The molecule has 1 aromatic carbocycles. The highest BCUT2D eigenvalue weighted by Gasteiger charge is 2.34. The SMILES string of the molecule is COc1cccc(CN2CC(C3CC3)NCCC2C)c1. The average molecular weight is 274 g/mol. The normalized spacial score (nSPS) is 28.1. The van der Waals surface area contributed by atoms with Gasteiger partial charge >= 0.3 is 0 Å². The van der Waals surface area contributed by atoms with Crippen molar-refractivity contribution < 1.29 is 4.74 Å². The number of benzene rings is 1. The van der Waals surface area contributed by atoms with Crippen molar-refractivity contribution in [1.29, 1.82) is 0 Å². The van der Waals surface area contributed by atoms with Gasteiger partial charge in [0.05, 0.1) is 7.11 Å². The molecule has 0 spiro atoms. The molecule has 2 fully saturated rings. The third-order valence-electron chi connectivity index (χ3n) is 4.73. The Labute approximate surface area is 122 Å². The molecule has 2 aliphatic rings. The molecule has 1 aliphatic heterocycles. The van der Waals surface area contributed by atoms with Gasteiger partial charge in [-0.1, -0.05) is 12.1 Å². The first-order valence-electron chi connectivity index (χ1n) is 7.86. The second kappa shape index (κ2) is 6.15. The Morgan fingerprint density at radius 3 is 2.90 bits per heavy atom. The highest BCUT2D eigenvalue weighted by Crippen LogP contribution is 2.34. The maximum atomic E-state index is 5.33. The van der Waals surface area contributed by atoms with Gasteiger partial charge in [-0.05, 0) is 56.3 Å². The van der Waals surface area contributed by atoms with Crippen molar-refractivity contribution in [3.05, 3.63) is 29.8 Å². The second-order valence-electron chi connectivity index (χ2n) is 6.32. The van der Waals surface area contributed by atoms with E-state index in [9.17, 15) is 0 Å². The summed E-state index contributed by atoms with van der Waals surface area (Å²) in [6.07, 6.45) is 4.07. The van der Waals surface area contributed by atoms with E-state index in [1.165, 1.54) is 31.4 Å². The first kappa shape index (κ1) is 13.9. The van der Waals surface area contributed by atoms with Gasteiger partial charge < -0.3 is 10.1 Å². The summed E-state index contributed by atoms with van der Waals surface area (Å²) in [5, 5.41) is 3.75. The summed E-state index contributed by atoms with van der Waals surface area (Å²) in [6, 6.07) is 9.83. The highest BCUT2D eigenvalue weighted by atomic mass is 16.5. The third-order valence-corrected chi connectivity index (χ3v) is 4.73. The first-order valence-corrected chi connectivity index (χ1v) is 7.86. The molecule has 2 atom stereocenters. The van der Waals surface area contributed by atoms with Gasteiger partial charge in [0.2, 0.25) is 0 Å². The van der Waals surface area contributed by atoms with Crippen LogP contribution in [0.1, 0.15) is 31.7 Å². The van der Waals surface area contributed by atoms with Crippen LogP contribution in [0.4, 0.5) is 0 Å². The van der Waals surface area contributed by atoms with Crippen LogP contribution in [0.25, 0.3) is 0 Å². The molecule has 1 heterocycles. The van der Waals surface area contributed by atoms with E-state index in [-0.39, 0.29) is 0 Å².